The van der Waals surface area contributed by atoms with Gasteiger partial charge in [0.2, 0.25) is 5.91 Å². The zero-order chi connectivity index (χ0) is 12.8. The monoisotopic (exact) mass is 248 g/mol. The molecule has 0 saturated carbocycles. The molecule has 0 aliphatic carbocycles. The zero-order valence-electron chi connectivity index (χ0n) is 10.7. The van der Waals surface area contributed by atoms with Crippen LogP contribution in [0.1, 0.15) is 18.4 Å². The number of carbonyl (C=O) groups is 1. The molecule has 4 heteroatoms. The van der Waals surface area contributed by atoms with Crippen molar-refractivity contribution in [1.82, 2.24) is 10.6 Å². The minimum atomic E-state index is 0.00247. The van der Waals surface area contributed by atoms with Gasteiger partial charge in [-0.05, 0) is 37.4 Å². The highest BCUT2D eigenvalue weighted by Gasteiger charge is 2.21. The van der Waals surface area contributed by atoms with Crippen LogP contribution >= 0.6 is 0 Å². The molecule has 1 fully saturated rings. The topological polar surface area (TPSA) is 50.4 Å². The largest absolute Gasteiger partial charge is 0.496 e. The van der Waals surface area contributed by atoms with E-state index in [2.05, 4.69) is 10.6 Å². The van der Waals surface area contributed by atoms with E-state index < -0.39 is 0 Å². The second-order valence-corrected chi connectivity index (χ2v) is 4.50. The van der Waals surface area contributed by atoms with Gasteiger partial charge in [0.1, 0.15) is 5.75 Å². The molecule has 1 aliphatic rings. The summed E-state index contributed by atoms with van der Waals surface area (Å²) < 4.78 is 5.28. The highest BCUT2D eigenvalue weighted by atomic mass is 16.5. The van der Waals surface area contributed by atoms with Crippen LogP contribution in [0.25, 0.3) is 0 Å². The number of hydrogen-bond acceptors (Lipinski definition) is 3. The molecule has 2 rings (SSSR count). The van der Waals surface area contributed by atoms with E-state index in [0.29, 0.717) is 6.54 Å². The summed E-state index contributed by atoms with van der Waals surface area (Å²) in [5, 5.41) is 6.16. The molecule has 1 atom stereocenters. The van der Waals surface area contributed by atoms with Gasteiger partial charge >= 0.3 is 0 Å². The van der Waals surface area contributed by atoms with Gasteiger partial charge in [-0.15, -0.1) is 0 Å². The molecule has 1 amide bonds. The summed E-state index contributed by atoms with van der Waals surface area (Å²) in [6.07, 6.45) is 2.83. The van der Waals surface area contributed by atoms with Crippen LogP contribution in [0.3, 0.4) is 0 Å². The van der Waals surface area contributed by atoms with Gasteiger partial charge in [0.05, 0.1) is 13.2 Å². The van der Waals surface area contributed by atoms with Gasteiger partial charge in [-0.3, -0.25) is 4.79 Å². The second-order valence-electron chi connectivity index (χ2n) is 4.50. The van der Waals surface area contributed by atoms with E-state index in [0.717, 1.165) is 37.1 Å². The maximum absolute atomic E-state index is 11.8. The number of nitrogens with one attached hydrogen (secondary N) is 2. The first-order valence-corrected chi connectivity index (χ1v) is 6.44. The van der Waals surface area contributed by atoms with Crippen LogP contribution in [0.15, 0.2) is 24.3 Å². The molecule has 0 radical (unpaired) electrons. The van der Waals surface area contributed by atoms with Crippen LogP contribution in [0.5, 0.6) is 5.75 Å². The minimum absolute atomic E-state index is 0.00247. The lowest BCUT2D eigenvalue weighted by Gasteiger charge is -2.12. The van der Waals surface area contributed by atoms with Crippen molar-refractivity contribution < 1.29 is 9.53 Å². The second kappa shape index (κ2) is 6.40. The van der Waals surface area contributed by atoms with Crippen molar-refractivity contribution in [2.75, 3.05) is 20.2 Å². The first-order chi connectivity index (χ1) is 8.81. The van der Waals surface area contributed by atoms with Crippen molar-refractivity contribution in [2.45, 2.75) is 25.3 Å². The molecule has 98 valence electrons. The third kappa shape index (κ3) is 3.23. The maximum atomic E-state index is 11.8. The number of hydrogen-bond donors (Lipinski definition) is 2. The average Bonchev–Trinajstić information content (AvgIpc) is 2.93. The number of amides is 1. The Bertz CT molecular complexity index is 401. The minimum Gasteiger partial charge on any atom is -0.496 e. The fraction of sp³-hybridized carbons (Fsp3) is 0.500. The van der Waals surface area contributed by atoms with Gasteiger partial charge in [0.25, 0.3) is 0 Å². The van der Waals surface area contributed by atoms with Crippen LogP contribution < -0.4 is 15.4 Å². The number of ether oxygens (including phenoxy) is 1. The Morgan fingerprint density at radius 3 is 3.06 bits per heavy atom. The Balaban J connectivity index is 1.79. The molecule has 1 aliphatic heterocycles. The molecule has 1 aromatic rings. The Labute approximate surface area is 108 Å². The number of rotatable bonds is 5. The Hall–Kier alpha value is -1.55. The highest BCUT2D eigenvalue weighted by Crippen LogP contribution is 2.17. The molecule has 0 bridgehead atoms. The summed E-state index contributed by atoms with van der Waals surface area (Å²) in [4.78, 5) is 11.8. The van der Waals surface area contributed by atoms with E-state index in [9.17, 15) is 4.79 Å². The number of carbonyl (C=O) groups excluding carboxylic acids is 1. The lowest BCUT2D eigenvalue weighted by Crippen LogP contribution is -2.41. The van der Waals surface area contributed by atoms with Gasteiger partial charge in [-0.1, -0.05) is 18.2 Å². The summed E-state index contributed by atoms with van der Waals surface area (Å²) in [6.45, 7) is 1.60. The molecule has 4 nitrogen and oxygen atoms in total. The van der Waals surface area contributed by atoms with Crippen LogP contribution in [0, 0.1) is 0 Å². The Kier molecular flexibility index (Phi) is 4.59. The predicted molar refractivity (Wildman–Crippen MR) is 70.7 cm³/mol. The molecule has 0 unspecified atom stereocenters. The Morgan fingerprint density at radius 2 is 2.33 bits per heavy atom. The van der Waals surface area contributed by atoms with Gasteiger partial charge in [-0.2, -0.15) is 0 Å². The van der Waals surface area contributed by atoms with Crippen LogP contribution in [0.2, 0.25) is 0 Å². The van der Waals surface area contributed by atoms with Crippen molar-refractivity contribution in [1.29, 1.82) is 0 Å². The summed E-state index contributed by atoms with van der Waals surface area (Å²) >= 11 is 0. The SMILES string of the molecule is COc1ccccc1CCNC(=O)[C@H]1CCCN1. The van der Waals surface area contributed by atoms with E-state index in [4.69, 9.17) is 4.74 Å². The van der Waals surface area contributed by atoms with Crippen molar-refractivity contribution in [3.8, 4) is 5.75 Å². The molecule has 1 aromatic carbocycles. The molecule has 0 aromatic heterocycles. The summed E-state index contributed by atoms with van der Waals surface area (Å²) in [7, 11) is 1.67. The van der Waals surface area contributed by atoms with Crippen molar-refractivity contribution in [3.05, 3.63) is 29.8 Å². The van der Waals surface area contributed by atoms with Gasteiger partial charge in [-0.25, -0.2) is 0 Å². The zero-order valence-corrected chi connectivity index (χ0v) is 10.7. The van der Waals surface area contributed by atoms with E-state index in [-0.39, 0.29) is 11.9 Å². The highest BCUT2D eigenvalue weighted by molar-refractivity contribution is 5.81. The van der Waals surface area contributed by atoms with Crippen molar-refractivity contribution in [2.24, 2.45) is 0 Å². The molecule has 0 spiro atoms. The van der Waals surface area contributed by atoms with E-state index >= 15 is 0 Å². The first-order valence-electron chi connectivity index (χ1n) is 6.44. The average molecular weight is 248 g/mol. The first kappa shape index (κ1) is 12.9. The lowest BCUT2D eigenvalue weighted by molar-refractivity contribution is -0.122. The predicted octanol–water partition coefficient (Wildman–Crippen LogP) is 1.11. The molecule has 1 saturated heterocycles. The van der Waals surface area contributed by atoms with E-state index in [1.165, 1.54) is 0 Å². The van der Waals surface area contributed by atoms with Crippen molar-refractivity contribution in [3.63, 3.8) is 0 Å². The van der Waals surface area contributed by atoms with E-state index in [1.807, 2.05) is 24.3 Å². The van der Waals surface area contributed by atoms with Crippen LogP contribution in [0.4, 0.5) is 0 Å². The third-order valence-electron chi connectivity index (χ3n) is 3.26. The normalized spacial score (nSPS) is 18.6. The number of para-hydroxylation sites is 1. The quantitative estimate of drug-likeness (QED) is 0.820. The Morgan fingerprint density at radius 1 is 1.50 bits per heavy atom. The van der Waals surface area contributed by atoms with Gasteiger partial charge in [0, 0.05) is 6.54 Å². The number of methoxy groups -OCH3 is 1. The molecule has 1 heterocycles. The van der Waals surface area contributed by atoms with Crippen LogP contribution in [-0.2, 0) is 11.2 Å². The standard InChI is InChI=1S/C14H20N2O2/c1-18-13-7-3-2-5-11(13)8-10-16-14(17)12-6-4-9-15-12/h2-3,5,7,12,15H,4,6,8-10H2,1H3,(H,16,17)/t12-/m1/s1. The molecular formula is C14H20N2O2. The maximum Gasteiger partial charge on any atom is 0.237 e. The third-order valence-corrected chi connectivity index (χ3v) is 3.26. The fourth-order valence-electron chi connectivity index (χ4n) is 2.26. The summed E-state index contributed by atoms with van der Waals surface area (Å²) in [6, 6.07) is 7.90. The smallest absolute Gasteiger partial charge is 0.237 e. The van der Waals surface area contributed by atoms with Gasteiger partial charge < -0.3 is 15.4 Å². The summed E-state index contributed by atoms with van der Waals surface area (Å²) in [5.41, 5.74) is 1.12. The molecule has 2 N–H and O–H groups in total. The molecular weight excluding hydrogens is 228 g/mol. The lowest BCUT2D eigenvalue weighted by atomic mass is 10.1. The molecule has 18 heavy (non-hydrogen) atoms. The summed E-state index contributed by atoms with van der Waals surface area (Å²) in [5.74, 6) is 0.994. The fourth-order valence-corrected chi connectivity index (χ4v) is 2.26. The van der Waals surface area contributed by atoms with Crippen LogP contribution in [-0.4, -0.2) is 32.1 Å². The van der Waals surface area contributed by atoms with E-state index in [1.54, 1.807) is 7.11 Å². The van der Waals surface area contributed by atoms with Crippen molar-refractivity contribution >= 4 is 5.91 Å². The number of benzene rings is 1. The van der Waals surface area contributed by atoms with Gasteiger partial charge in [0.15, 0.2) is 0 Å².